The van der Waals surface area contributed by atoms with E-state index in [1.165, 1.54) is 27.2 Å². The molecule has 26 heavy (non-hydrogen) atoms. The molecular formula is C18H27N3O4S. The molecule has 1 fully saturated rings. The smallest absolute Gasteiger partial charge is 0.254 e. The van der Waals surface area contributed by atoms with Crippen molar-refractivity contribution in [2.45, 2.75) is 31.1 Å². The number of amides is 2. The number of sulfonamides is 1. The highest BCUT2D eigenvalue weighted by atomic mass is 32.2. The van der Waals surface area contributed by atoms with Crippen LogP contribution in [0.5, 0.6) is 0 Å². The molecule has 0 atom stereocenters. The zero-order valence-electron chi connectivity index (χ0n) is 15.9. The number of hydrogen-bond donors (Lipinski definition) is 0. The molecule has 1 aliphatic rings. The predicted molar refractivity (Wildman–Crippen MR) is 99.4 cm³/mol. The van der Waals surface area contributed by atoms with Crippen LogP contribution in [0.3, 0.4) is 0 Å². The fourth-order valence-electron chi connectivity index (χ4n) is 2.89. The molecule has 0 radical (unpaired) electrons. The van der Waals surface area contributed by atoms with Gasteiger partial charge in [-0.25, -0.2) is 8.42 Å². The maximum Gasteiger partial charge on any atom is 0.254 e. The first-order valence-corrected chi connectivity index (χ1v) is 10.1. The molecule has 2 rings (SSSR count). The minimum Gasteiger partial charge on any atom is -0.347 e. The molecule has 1 aromatic rings. The lowest BCUT2D eigenvalue weighted by molar-refractivity contribution is -0.129. The fourth-order valence-corrected chi connectivity index (χ4v) is 4.66. The lowest BCUT2D eigenvalue weighted by Gasteiger charge is -2.27. The zero-order chi connectivity index (χ0) is 19.5. The molecule has 7 nitrogen and oxygen atoms in total. The van der Waals surface area contributed by atoms with Gasteiger partial charge in [0.25, 0.3) is 5.91 Å². The van der Waals surface area contributed by atoms with Crippen LogP contribution in [0.25, 0.3) is 0 Å². The molecule has 0 unspecified atom stereocenters. The number of piperidine rings is 1. The minimum atomic E-state index is -3.62. The van der Waals surface area contributed by atoms with Crippen molar-refractivity contribution in [3.05, 3.63) is 29.3 Å². The number of aryl methyl sites for hydroxylation is 1. The van der Waals surface area contributed by atoms with Crippen molar-refractivity contribution in [2.24, 2.45) is 0 Å². The summed E-state index contributed by atoms with van der Waals surface area (Å²) >= 11 is 0. The SMILES string of the molecule is Cc1ccc(C(=O)N(C)CC(=O)N(C)C)cc1S(=O)(=O)N1CCCCC1. The Kier molecular flexibility index (Phi) is 6.41. The van der Waals surface area contributed by atoms with Crippen LogP contribution in [0, 0.1) is 6.92 Å². The number of likely N-dealkylation sites (N-methyl/N-ethyl adjacent to an activating group) is 2. The van der Waals surface area contributed by atoms with Crippen LogP contribution >= 0.6 is 0 Å². The van der Waals surface area contributed by atoms with E-state index in [1.54, 1.807) is 33.2 Å². The first-order valence-electron chi connectivity index (χ1n) is 8.71. The highest BCUT2D eigenvalue weighted by molar-refractivity contribution is 7.89. The Balaban J connectivity index is 2.29. The molecule has 1 aliphatic heterocycles. The molecule has 1 saturated heterocycles. The van der Waals surface area contributed by atoms with Crippen molar-refractivity contribution in [1.82, 2.24) is 14.1 Å². The minimum absolute atomic E-state index is 0.0616. The van der Waals surface area contributed by atoms with Crippen LogP contribution in [-0.4, -0.2) is 75.1 Å². The van der Waals surface area contributed by atoms with Crippen LogP contribution in [0.15, 0.2) is 23.1 Å². The summed E-state index contributed by atoms with van der Waals surface area (Å²) in [6.45, 7) is 2.69. The van der Waals surface area contributed by atoms with Crippen molar-refractivity contribution < 1.29 is 18.0 Å². The van der Waals surface area contributed by atoms with E-state index in [0.717, 1.165) is 19.3 Å². The van der Waals surface area contributed by atoms with Crippen LogP contribution < -0.4 is 0 Å². The molecule has 0 spiro atoms. The molecule has 1 aromatic carbocycles. The lowest BCUT2D eigenvalue weighted by Crippen LogP contribution is -2.38. The first kappa shape index (κ1) is 20.4. The summed E-state index contributed by atoms with van der Waals surface area (Å²) in [7, 11) is 1.15. The molecule has 1 heterocycles. The van der Waals surface area contributed by atoms with Crippen molar-refractivity contribution in [3.8, 4) is 0 Å². The standard InChI is InChI=1S/C18H27N3O4S/c1-14-8-9-15(18(23)20(4)13-17(22)19(2)3)12-16(14)26(24,25)21-10-6-5-7-11-21/h8-9,12H,5-7,10-11,13H2,1-4H3. The van der Waals surface area contributed by atoms with Gasteiger partial charge in [0.2, 0.25) is 15.9 Å². The molecule has 0 N–H and O–H groups in total. The first-order chi connectivity index (χ1) is 12.1. The second-order valence-corrected chi connectivity index (χ2v) is 8.80. The number of carbonyl (C=O) groups excluding carboxylic acids is 2. The van der Waals surface area contributed by atoms with E-state index in [0.29, 0.717) is 18.7 Å². The second-order valence-electron chi connectivity index (χ2n) is 6.89. The highest BCUT2D eigenvalue weighted by Gasteiger charge is 2.28. The van der Waals surface area contributed by atoms with Gasteiger partial charge in [0.15, 0.2) is 0 Å². The second kappa shape index (κ2) is 8.18. The van der Waals surface area contributed by atoms with Gasteiger partial charge in [-0.3, -0.25) is 9.59 Å². The summed E-state index contributed by atoms with van der Waals surface area (Å²) in [4.78, 5) is 27.3. The summed E-state index contributed by atoms with van der Waals surface area (Å²) in [5.74, 6) is -0.579. The normalized spacial score (nSPS) is 15.5. The van der Waals surface area contributed by atoms with E-state index in [9.17, 15) is 18.0 Å². The largest absolute Gasteiger partial charge is 0.347 e. The predicted octanol–water partition coefficient (Wildman–Crippen LogP) is 1.33. The monoisotopic (exact) mass is 381 g/mol. The molecule has 2 amide bonds. The molecule has 8 heteroatoms. The Bertz CT molecular complexity index is 784. The van der Waals surface area contributed by atoms with E-state index in [1.807, 2.05) is 0 Å². The summed E-state index contributed by atoms with van der Waals surface area (Å²) < 4.78 is 27.4. The van der Waals surface area contributed by atoms with Gasteiger partial charge in [-0.1, -0.05) is 12.5 Å². The molecule has 0 saturated carbocycles. The van der Waals surface area contributed by atoms with Gasteiger partial charge < -0.3 is 9.80 Å². The quantitative estimate of drug-likeness (QED) is 0.771. The Morgan fingerprint density at radius 3 is 2.27 bits per heavy atom. The summed E-state index contributed by atoms with van der Waals surface area (Å²) in [6.07, 6.45) is 2.74. The third kappa shape index (κ3) is 4.42. The maximum atomic E-state index is 13.0. The maximum absolute atomic E-state index is 13.0. The molecule has 0 aromatic heterocycles. The Labute approximate surface area is 155 Å². The Hall–Kier alpha value is -1.93. The lowest BCUT2D eigenvalue weighted by atomic mass is 10.1. The van der Waals surface area contributed by atoms with Crippen LogP contribution in [0.4, 0.5) is 0 Å². The van der Waals surface area contributed by atoms with Crippen LogP contribution in [-0.2, 0) is 14.8 Å². The average Bonchev–Trinajstić information content (AvgIpc) is 2.61. The topological polar surface area (TPSA) is 78.0 Å². The molecule has 0 aliphatic carbocycles. The van der Waals surface area contributed by atoms with Gasteiger partial charge in [-0.05, 0) is 37.5 Å². The number of benzene rings is 1. The van der Waals surface area contributed by atoms with Gasteiger partial charge in [0.05, 0.1) is 11.4 Å². The van der Waals surface area contributed by atoms with Gasteiger partial charge in [0, 0.05) is 39.8 Å². The van der Waals surface area contributed by atoms with Crippen LogP contribution in [0.2, 0.25) is 0 Å². The fraction of sp³-hybridized carbons (Fsp3) is 0.556. The average molecular weight is 381 g/mol. The van der Waals surface area contributed by atoms with Crippen molar-refractivity contribution in [2.75, 3.05) is 40.8 Å². The summed E-state index contributed by atoms with van der Waals surface area (Å²) in [6, 6.07) is 4.67. The van der Waals surface area contributed by atoms with Gasteiger partial charge in [-0.2, -0.15) is 4.31 Å². The summed E-state index contributed by atoms with van der Waals surface area (Å²) in [5, 5.41) is 0. The number of rotatable bonds is 5. The van der Waals surface area contributed by atoms with E-state index >= 15 is 0 Å². The van der Waals surface area contributed by atoms with Crippen LogP contribution in [0.1, 0.15) is 35.2 Å². The molecule has 0 bridgehead atoms. The van der Waals surface area contributed by atoms with Gasteiger partial charge in [0.1, 0.15) is 0 Å². The Morgan fingerprint density at radius 2 is 1.69 bits per heavy atom. The van der Waals surface area contributed by atoms with Gasteiger partial charge >= 0.3 is 0 Å². The van der Waals surface area contributed by atoms with E-state index in [4.69, 9.17) is 0 Å². The van der Waals surface area contributed by atoms with Crippen molar-refractivity contribution in [1.29, 1.82) is 0 Å². The van der Waals surface area contributed by atoms with E-state index < -0.39 is 10.0 Å². The zero-order valence-corrected chi connectivity index (χ0v) is 16.7. The van der Waals surface area contributed by atoms with Crippen molar-refractivity contribution in [3.63, 3.8) is 0 Å². The third-order valence-electron chi connectivity index (χ3n) is 4.59. The number of hydrogen-bond acceptors (Lipinski definition) is 4. The van der Waals surface area contributed by atoms with Gasteiger partial charge in [-0.15, -0.1) is 0 Å². The Morgan fingerprint density at radius 1 is 1.08 bits per heavy atom. The number of nitrogens with zero attached hydrogens (tertiary/aromatic N) is 3. The number of carbonyl (C=O) groups is 2. The third-order valence-corrected chi connectivity index (χ3v) is 6.63. The summed E-state index contributed by atoms with van der Waals surface area (Å²) in [5.41, 5.74) is 0.874. The van der Waals surface area contributed by atoms with Crippen molar-refractivity contribution >= 4 is 21.8 Å². The molecular weight excluding hydrogens is 354 g/mol. The highest BCUT2D eigenvalue weighted by Crippen LogP contribution is 2.24. The van der Waals surface area contributed by atoms with E-state index in [-0.39, 0.29) is 28.8 Å². The van der Waals surface area contributed by atoms with E-state index in [2.05, 4.69) is 0 Å². The molecule has 144 valence electrons.